The number of nitrogens with zero attached hydrogens (tertiary/aromatic N) is 3. The first-order valence-corrected chi connectivity index (χ1v) is 7.76. The third-order valence-electron chi connectivity index (χ3n) is 4.06. The number of phenolic OH excluding ortho intramolecular Hbond substituents is 1. The molecule has 120 valence electrons. The molecule has 0 atom stereocenters. The first kappa shape index (κ1) is 14.5. The van der Waals surface area contributed by atoms with E-state index >= 15 is 0 Å². The minimum atomic E-state index is 0.151. The quantitative estimate of drug-likeness (QED) is 0.611. The molecule has 0 fully saturated rings. The van der Waals surface area contributed by atoms with Crippen molar-refractivity contribution in [1.82, 2.24) is 9.97 Å². The lowest BCUT2D eigenvalue weighted by Gasteiger charge is -2.24. The first-order chi connectivity index (χ1) is 11.6. The Hall–Kier alpha value is -3.08. The molecule has 1 aliphatic rings. The first-order valence-electron chi connectivity index (χ1n) is 7.76. The van der Waals surface area contributed by atoms with Crippen molar-refractivity contribution in [3.05, 3.63) is 59.7 Å². The van der Waals surface area contributed by atoms with Crippen LogP contribution in [-0.2, 0) is 6.42 Å². The van der Waals surface area contributed by atoms with Gasteiger partial charge >= 0.3 is 0 Å². The number of ether oxygens (including phenoxy) is 1. The molecule has 0 radical (unpaired) electrons. The van der Waals surface area contributed by atoms with E-state index in [4.69, 9.17) is 4.74 Å². The molecule has 1 N–H and O–H groups in total. The number of fused-ring (bicyclic) bond motifs is 2. The maximum Gasteiger partial charge on any atom is 0.228 e. The van der Waals surface area contributed by atoms with Crippen LogP contribution < -0.4 is 9.64 Å². The monoisotopic (exact) mass is 319 g/mol. The Morgan fingerprint density at radius 2 is 1.75 bits per heavy atom. The van der Waals surface area contributed by atoms with Crippen molar-refractivity contribution in [1.29, 1.82) is 0 Å². The van der Waals surface area contributed by atoms with Gasteiger partial charge in [-0.1, -0.05) is 30.3 Å². The summed E-state index contributed by atoms with van der Waals surface area (Å²) in [6, 6.07) is 15.0. The second kappa shape index (κ2) is 5.53. The molecule has 0 spiro atoms. The van der Waals surface area contributed by atoms with Crippen molar-refractivity contribution in [3.8, 4) is 28.8 Å². The van der Waals surface area contributed by atoms with Crippen LogP contribution in [0.25, 0.3) is 11.4 Å². The summed E-state index contributed by atoms with van der Waals surface area (Å²) in [6.45, 7) is 0. The standard InChI is InChI=1S/C19H17N3O2/c1-22(2)18-14-11-12-7-3-6-10-16(12)24-19(14)21-17(20-18)13-8-4-5-9-15(13)23/h3-10,23H,11H2,1-2H3. The highest BCUT2D eigenvalue weighted by atomic mass is 16.5. The Balaban J connectivity index is 1.90. The lowest BCUT2D eigenvalue weighted by Crippen LogP contribution is -2.17. The molecule has 2 aromatic carbocycles. The van der Waals surface area contributed by atoms with E-state index in [0.29, 0.717) is 17.3 Å². The number of benzene rings is 2. The Bertz CT molecular complexity index is 922. The van der Waals surface area contributed by atoms with Gasteiger partial charge in [0.1, 0.15) is 17.3 Å². The van der Waals surface area contributed by atoms with Crippen LogP contribution in [0.4, 0.5) is 5.82 Å². The Kier molecular flexibility index (Phi) is 3.34. The SMILES string of the molecule is CN(C)c1nc(-c2ccccc2O)nc2c1Cc1ccccc1O2. The smallest absolute Gasteiger partial charge is 0.228 e. The van der Waals surface area contributed by atoms with E-state index in [1.807, 2.05) is 43.3 Å². The van der Waals surface area contributed by atoms with Crippen LogP contribution >= 0.6 is 0 Å². The molecule has 24 heavy (non-hydrogen) atoms. The summed E-state index contributed by atoms with van der Waals surface area (Å²) in [7, 11) is 3.88. The fraction of sp³-hybridized carbons (Fsp3) is 0.158. The van der Waals surface area contributed by atoms with Gasteiger partial charge in [0.15, 0.2) is 5.82 Å². The predicted octanol–water partition coefficient (Wildman–Crippen LogP) is 3.61. The van der Waals surface area contributed by atoms with Crippen molar-refractivity contribution < 1.29 is 9.84 Å². The van der Waals surface area contributed by atoms with Crippen molar-refractivity contribution in [3.63, 3.8) is 0 Å². The highest BCUT2D eigenvalue weighted by Gasteiger charge is 2.25. The number of anilines is 1. The lowest BCUT2D eigenvalue weighted by atomic mass is 10.0. The zero-order valence-electron chi connectivity index (χ0n) is 13.5. The molecule has 0 saturated heterocycles. The van der Waals surface area contributed by atoms with Gasteiger partial charge in [-0.25, -0.2) is 4.98 Å². The summed E-state index contributed by atoms with van der Waals surface area (Å²) >= 11 is 0. The summed E-state index contributed by atoms with van der Waals surface area (Å²) in [5.41, 5.74) is 2.66. The average Bonchev–Trinajstić information content (AvgIpc) is 2.59. The van der Waals surface area contributed by atoms with E-state index in [0.717, 1.165) is 29.1 Å². The predicted molar refractivity (Wildman–Crippen MR) is 92.8 cm³/mol. The van der Waals surface area contributed by atoms with Crippen molar-refractivity contribution in [2.24, 2.45) is 0 Å². The van der Waals surface area contributed by atoms with E-state index in [2.05, 4.69) is 16.0 Å². The number of aromatic hydroxyl groups is 1. The van der Waals surface area contributed by atoms with E-state index in [9.17, 15) is 5.11 Å². The van der Waals surface area contributed by atoms with Crippen molar-refractivity contribution in [2.45, 2.75) is 6.42 Å². The molecule has 0 saturated carbocycles. The highest BCUT2D eigenvalue weighted by molar-refractivity contribution is 5.68. The van der Waals surface area contributed by atoms with Gasteiger partial charge in [-0.3, -0.25) is 0 Å². The van der Waals surface area contributed by atoms with Crippen LogP contribution in [-0.4, -0.2) is 29.2 Å². The molecule has 5 heteroatoms. The number of aromatic nitrogens is 2. The summed E-state index contributed by atoms with van der Waals surface area (Å²) in [5, 5.41) is 10.1. The van der Waals surface area contributed by atoms with Crippen LogP contribution in [0.2, 0.25) is 0 Å². The van der Waals surface area contributed by atoms with Crippen LogP contribution in [0, 0.1) is 0 Å². The van der Waals surface area contributed by atoms with E-state index < -0.39 is 0 Å². The molecular formula is C19H17N3O2. The molecule has 0 aliphatic carbocycles. The van der Waals surface area contributed by atoms with Gasteiger partial charge < -0.3 is 14.7 Å². The molecule has 0 amide bonds. The zero-order chi connectivity index (χ0) is 16.7. The van der Waals surface area contributed by atoms with Gasteiger partial charge in [-0.15, -0.1) is 0 Å². The van der Waals surface area contributed by atoms with Gasteiger partial charge in [0.05, 0.1) is 11.1 Å². The Morgan fingerprint density at radius 3 is 2.54 bits per heavy atom. The number of hydrogen-bond acceptors (Lipinski definition) is 5. The molecule has 5 nitrogen and oxygen atoms in total. The summed E-state index contributed by atoms with van der Waals surface area (Å²) < 4.78 is 6.01. The lowest BCUT2D eigenvalue weighted by molar-refractivity contribution is 0.439. The zero-order valence-corrected chi connectivity index (χ0v) is 13.5. The highest BCUT2D eigenvalue weighted by Crippen LogP contribution is 2.40. The van der Waals surface area contributed by atoms with Gasteiger partial charge in [-0.2, -0.15) is 4.98 Å². The molecule has 3 aromatic rings. The van der Waals surface area contributed by atoms with Crippen LogP contribution in [0.1, 0.15) is 11.1 Å². The van der Waals surface area contributed by atoms with Crippen LogP contribution in [0.3, 0.4) is 0 Å². The normalized spacial score (nSPS) is 12.1. The summed E-state index contributed by atoms with van der Waals surface area (Å²) in [6.07, 6.45) is 0.722. The van der Waals surface area contributed by atoms with E-state index in [1.54, 1.807) is 18.2 Å². The third-order valence-corrected chi connectivity index (χ3v) is 4.06. The summed E-state index contributed by atoms with van der Waals surface area (Å²) in [4.78, 5) is 11.2. The Morgan fingerprint density at radius 1 is 1.00 bits per heavy atom. The maximum atomic E-state index is 10.1. The fourth-order valence-electron chi connectivity index (χ4n) is 2.89. The van der Waals surface area contributed by atoms with Crippen molar-refractivity contribution >= 4 is 5.82 Å². The van der Waals surface area contributed by atoms with Gasteiger partial charge in [-0.05, 0) is 23.8 Å². The second-order valence-electron chi connectivity index (χ2n) is 5.95. The van der Waals surface area contributed by atoms with Crippen LogP contribution in [0.15, 0.2) is 48.5 Å². The van der Waals surface area contributed by atoms with E-state index in [1.165, 1.54) is 0 Å². The average molecular weight is 319 g/mol. The van der Waals surface area contributed by atoms with Crippen molar-refractivity contribution in [2.75, 3.05) is 19.0 Å². The minimum absolute atomic E-state index is 0.151. The number of rotatable bonds is 2. The largest absolute Gasteiger partial charge is 0.507 e. The number of para-hydroxylation sites is 2. The molecule has 1 aromatic heterocycles. The Labute approximate surface area is 140 Å². The molecular weight excluding hydrogens is 302 g/mol. The van der Waals surface area contributed by atoms with Gasteiger partial charge in [0, 0.05) is 20.5 Å². The molecule has 1 aliphatic heterocycles. The second-order valence-corrected chi connectivity index (χ2v) is 5.95. The molecule has 4 rings (SSSR count). The molecule has 0 bridgehead atoms. The fourth-order valence-corrected chi connectivity index (χ4v) is 2.89. The molecule has 2 heterocycles. The number of hydrogen-bond donors (Lipinski definition) is 1. The summed E-state index contributed by atoms with van der Waals surface area (Å²) in [5.74, 6) is 2.77. The molecule has 0 unspecified atom stereocenters. The topological polar surface area (TPSA) is 58.5 Å². The number of phenols is 1. The minimum Gasteiger partial charge on any atom is -0.507 e. The van der Waals surface area contributed by atoms with Gasteiger partial charge in [0.2, 0.25) is 5.88 Å². The third kappa shape index (κ3) is 2.34. The van der Waals surface area contributed by atoms with Crippen LogP contribution in [0.5, 0.6) is 17.4 Å². The van der Waals surface area contributed by atoms with Gasteiger partial charge in [0.25, 0.3) is 0 Å². The van der Waals surface area contributed by atoms with E-state index in [-0.39, 0.29) is 5.75 Å². The maximum absolute atomic E-state index is 10.1.